The number of benzene rings is 1. The summed E-state index contributed by atoms with van der Waals surface area (Å²) in [7, 11) is -3.50. The number of rotatable bonds is 4. The maximum Gasteiger partial charge on any atom is 0.218 e. The lowest BCUT2D eigenvalue weighted by Gasteiger charge is -2.39. The van der Waals surface area contributed by atoms with Crippen molar-refractivity contribution < 1.29 is 12.8 Å². The molecule has 0 saturated carbocycles. The zero-order valence-corrected chi connectivity index (χ0v) is 15.8. The Kier molecular flexibility index (Phi) is 6.08. The summed E-state index contributed by atoms with van der Waals surface area (Å²) in [5.74, 6) is 1.45. The van der Waals surface area contributed by atoms with Crippen LogP contribution >= 0.6 is 23.4 Å². The van der Waals surface area contributed by atoms with Crippen molar-refractivity contribution in [1.82, 2.24) is 9.21 Å². The monoisotopic (exact) mass is 392 g/mol. The van der Waals surface area contributed by atoms with Crippen molar-refractivity contribution in [3.8, 4) is 0 Å². The van der Waals surface area contributed by atoms with Crippen molar-refractivity contribution >= 4 is 33.4 Å². The van der Waals surface area contributed by atoms with Gasteiger partial charge in [-0.05, 0) is 25.0 Å². The van der Waals surface area contributed by atoms with Crippen molar-refractivity contribution in [3.63, 3.8) is 0 Å². The summed E-state index contributed by atoms with van der Waals surface area (Å²) in [5, 5.41) is 0.272. The van der Waals surface area contributed by atoms with Gasteiger partial charge in [-0.25, -0.2) is 17.1 Å². The molecular formula is C16H22ClFN2O2S2. The third-order valence-electron chi connectivity index (χ3n) is 4.73. The lowest BCUT2D eigenvalue weighted by atomic mass is 10.0. The summed E-state index contributed by atoms with van der Waals surface area (Å²) in [6.07, 6.45) is 1.71. The summed E-state index contributed by atoms with van der Waals surface area (Å²) in [5.41, 5.74) is 0.176. The molecule has 0 aliphatic carbocycles. The molecule has 0 radical (unpaired) electrons. The SMILES string of the molecule is O=S(=O)(Cc1ccc(Cl)cc1F)N1CCC(N2CCSCC2)CC1. The number of nitrogens with zero attached hydrogens (tertiary/aromatic N) is 2. The molecule has 2 aliphatic rings. The van der Waals surface area contributed by atoms with Gasteiger partial charge in [-0.15, -0.1) is 0 Å². The number of piperidine rings is 1. The predicted octanol–water partition coefficient (Wildman–Crippen LogP) is 2.82. The van der Waals surface area contributed by atoms with Crippen LogP contribution in [0.1, 0.15) is 18.4 Å². The number of hydrogen-bond donors (Lipinski definition) is 0. The molecule has 0 N–H and O–H groups in total. The number of sulfonamides is 1. The first kappa shape index (κ1) is 18.5. The summed E-state index contributed by atoms with van der Waals surface area (Å²) < 4.78 is 40.6. The second-order valence-corrected chi connectivity index (χ2v) is 9.90. The fourth-order valence-corrected chi connectivity index (χ4v) is 6.02. The largest absolute Gasteiger partial charge is 0.299 e. The Morgan fingerprint density at radius 1 is 1.17 bits per heavy atom. The number of hydrogen-bond acceptors (Lipinski definition) is 4. The first-order chi connectivity index (χ1) is 11.5. The molecule has 1 aromatic rings. The lowest BCUT2D eigenvalue weighted by molar-refractivity contribution is 0.151. The highest BCUT2D eigenvalue weighted by molar-refractivity contribution is 7.99. The Hall–Kier alpha value is -0.340. The summed E-state index contributed by atoms with van der Waals surface area (Å²) in [4.78, 5) is 2.49. The van der Waals surface area contributed by atoms with Gasteiger partial charge in [-0.1, -0.05) is 17.7 Å². The fraction of sp³-hybridized carbons (Fsp3) is 0.625. The third kappa shape index (κ3) is 4.43. The summed E-state index contributed by atoms with van der Waals surface area (Å²) in [6, 6.07) is 4.61. The molecule has 134 valence electrons. The van der Waals surface area contributed by atoms with Crippen LogP contribution in [0.25, 0.3) is 0 Å². The van der Waals surface area contributed by atoms with E-state index in [0.29, 0.717) is 19.1 Å². The molecule has 0 atom stereocenters. The van der Waals surface area contributed by atoms with Gasteiger partial charge in [0, 0.05) is 54.3 Å². The molecule has 8 heteroatoms. The summed E-state index contributed by atoms with van der Waals surface area (Å²) in [6.45, 7) is 3.23. The van der Waals surface area contributed by atoms with Gasteiger partial charge in [0.25, 0.3) is 0 Å². The molecule has 4 nitrogen and oxygen atoms in total. The van der Waals surface area contributed by atoms with Crippen molar-refractivity contribution in [2.75, 3.05) is 37.7 Å². The molecule has 2 aliphatic heterocycles. The van der Waals surface area contributed by atoms with Gasteiger partial charge >= 0.3 is 0 Å². The van der Waals surface area contributed by atoms with Crippen LogP contribution in [-0.2, 0) is 15.8 Å². The van der Waals surface area contributed by atoms with Gasteiger partial charge in [0.1, 0.15) is 5.82 Å². The minimum atomic E-state index is -3.50. The van der Waals surface area contributed by atoms with Crippen LogP contribution in [0.15, 0.2) is 18.2 Å². The van der Waals surface area contributed by atoms with E-state index in [1.54, 1.807) is 0 Å². The Balaban J connectivity index is 1.60. The van der Waals surface area contributed by atoms with E-state index in [2.05, 4.69) is 4.90 Å². The highest BCUT2D eigenvalue weighted by atomic mass is 35.5. The average Bonchev–Trinajstić information content (AvgIpc) is 2.58. The summed E-state index contributed by atoms with van der Waals surface area (Å²) >= 11 is 7.70. The molecule has 2 fully saturated rings. The van der Waals surface area contributed by atoms with E-state index in [0.717, 1.165) is 43.5 Å². The van der Waals surface area contributed by atoms with E-state index < -0.39 is 15.8 Å². The van der Waals surface area contributed by atoms with Crippen LogP contribution in [0.4, 0.5) is 4.39 Å². The highest BCUT2D eigenvalue weighted by Crippen LogP contribution is 2.24. The maximum absolute atomic E-state index is 13.9. The zero-order chi connectivity index (χ0) is 17.2. The van der Waals surface area contributed by atoms with Gasteiger partial charge in [0.15, 0.2) is 0 Å². The maximum atomic E-state index is 13.9. The lowest BCUT2D eigenvalue weighted by Crippen LogP contribution is -2.49. The Morgan fingerprint density at radius 3 is 2.46 bits per heavy atom. The van der Waals surface area contributed by atoms with Crippen LogP contribution in [0.3, 0.4) is 0 Å². The quantitative estimate of drug-likeness (QED) is 0.790. The second-order valence-electron chi connectivity index (χ2n) is 6.27. The molecule has 0 bridgehead atoms. The van der Waals surface area contributed by atoms with E-state index in [1.807, 2.05) is 11.8 Å². The first-order valence-electron chi connectivity index (χ1n) is 8.19. The van der Waals surface area contributed by atoms with Gasteiger partial charge in [0.05, 0.1) is 5.75 Å². The first-order valence-corrected chi connectivity index (χ1v) is 11.3. The molecule has 3 rings (SSSR count). The van der Waals surface area contributed by atoms with E-state index >= 15 is 0 Å². The molecule has 1 aromatic carbocycles. The third-order valence-corrected chi connectivity index (χ3v) is 7.74. The van der Waals surface area contributed by atoms with Crippen LogP contribution in [-0.4, -0.2) is 61.3 Å². The van der Waals surface area contributed by atoms with E-state index in [9.17, 15) is 12.8 Å². The van der Waals surface area contributed by atoms with Gasteiger partial charge in [-0.2, -0.15) is 11.8 Å². The molecule has 0 spiro atoms. The normalized spacial score (nSPS) is 21.9. The van der Waals surface area contributed by atoms with Crippen LogP contribution in [0, 0.1) is 5.82 Å². The van der Waals surface area contributed by atoms with Crippen molar-refractivity contribution in [1.29, 1.82) is 0 Å². The van der Waals surface area contributed by atoms with Crippen LogP contribution in [0.5, 0.6) is 0 Å². The Morgan fingerprint density at radius 2 is 1.83 bits per heavy atom. The molecular weight excluding hydrogens is 371 g/mol. The minimum Gasteiger partial charge on any atom is -0.299 e. The Labute approximate surface area is 152 Å². The topological polar surface area (TPSA) is 40.6 Å². The predicted molar refractivity (Wildman–Crippen MR) is 97.5 cm³/mol. The van der Waals surface area contributed by atoms with E-state index in [1.165, 1.54) is 16.4 Å². The Bertz CT molecular complexity index is 673. The standard InChI is InChI=1S/C16H22ClFN2O2S2/c17-14-2-1-13(16(18)11-14)12-24(21,22)20-5-3-15(4-6-20)19-7-9-23-10-8-19/h1-2,11,15H,3-10,12H2. The van der Waals surface area contributed by atoms with Gasteiger partial charge in [-0.3, -0.25) is 4.90 Å². The van der Waals surface area contributed by atoms with Crippen molar-refractivity contribution in [2.45, 2.75) is 24.6 Å². The molecule has 0 aromatic heterocycles. The van der Waals surface area contributed by atoms with E-state index in [4.69, 9.17) is 11.6 Å². The molecule has 0 unspecified atom stereocenters. The number of halogens is 2. The smallest absolute Gasteiger partial charge is 0.218 e. The second kappa shape index (κ2) is 7.91. The van der Waals surface area contributed by atoms with Crippen molar-refractivity contribution in [3.05, 3.63) is 34.6 Å². The minimum absolute atomic E-state index is 0.176. The highest BCUT2D eigenvalue weighted by Gasteiger charge is 2.31. The van der Waals surface area contributed by atoms with Gasteiger partial charge in [0.2, 0.25) is 10.0 Å². The fourth-order valence-electron chi connectivity index (χ4n) is 3.35. The van der Waals surface area contributed by atoms with Crippen LogP contribution in [0.2, 0.25) is 5.02 Å². The molecule has 2 saturated heterocycles. The molecule has 2 heterocycles. The zero-order valence-electron chi connectivity index (χ0n) is 13.5. The van der Waals surface area contributed by atoms with Crippen LogP contribution < -0.4 is 0 Å². The molecule has 24 heavy (non-hydrogen) atoms. The molecule has 0 amide bonds. The van der Waals surface area contributed by atoms with E-state index in [-0.39, 0.29) is 16.3 Å². The van der Waals surface area contributed by atoms with Crippen molar-refractivity contribution in [2.24, 2.45) is 0 Å². The number of thioether (sulfide) groups is 1. The van der Waals surface area contributed by atoms with Gasteiger partial charge < -0.3 is 0 Å². The average molecular weight is 393 g/mol.